The summed E-state index contributed by atoms with van der Waals surface area (Å²) >= 11 is 4.92. The quantitative estimate of drug-likeness (QED) is 0.332. The van der Waals surface area contributed by atoms with Crippen molar-refractivity contribution in [2.24, 2.45) is 0 Å². The zero-order valence-corrected chi connectivity index (χ0v) is 16.7. The third kappa shape index (κ3) is 4.92. The van der Waals surface area contributed by atoms with E-state index in [0.29, 0.717) is 24.0 Å². The maximum absolute atomic E-state index is 6.12. The van der Waals surface area contributed by atoms with Crippen molar-refractivity contribution in [2.75, 3.05) is 25.3 Å². The van der Waals surface area contributed by atoms with E-state index >= 15 is 0 Å². The average molecular weight is 435 g/mol. The molecule has 0 saturated carbocycles. The SMILES string of the molecule is COc1ccc(Cc2nnc(SCCOc3ccc(Br)cc3)n2N)cc1. The fourth-order valence-electron chi connectivity index (χ4n) is 2.28. The Labute approximate surface area is 164 Å². The topological polar surface area (TPSA) is 75.2 Å². The molecule has 1 heterocycles. The van der Waals surface area contributed by atoms with Crippen LogP contribution in [0, 0.1) is 0 Å². The lowest BCUT2D eigenvalue weighted by atomic mass is 10.1. The van der Waals surface area contributed by atoms with Crippen LogP contribution in [0.2, 0.25) is 0 Å². The lowest BCUT2D eigenvalue weighted by Gasteiger charge is -2.06. The van der Waals surface area contributed by atoms with Gasteiger partial charge >= 0.3 is 0 Å². The molecule has 6 nitrogen and oxygen atoms in total. The van der Waals surface area contributed by atoms with Gasteiger partial charge in [-0.1, -0.05) is 39.8 Å². The van der Waals surface area contributed by atoms with Gasteiger partial charge in [-0.3, -0.25) is 0 Å². The Balaban J connectivity index is 1.50. The molecule has 2 N–H and O–H groups in total. The molecule has 0 radical (unpaired) electrons. The molecule has 0 aliphatic carbocycles. The summed E-state index contributed by atoms with van der Waals surface area (Å²) < 4.78 is 13.4. The van der Waals surface area contributed by atoms with E-state index in [1.165, 1.54) is 16.4 Å². The molecule has 0 atom stereocenters. The number of rotatable bonds is 8. The largest absolute Gasteiger partial charge is 0.497 e. The molecule has 0 bridgehead atoms. The molecule has 0 spiro atoms. The van der Waals surface area contributed by atoms with Crippen LogP contribution < -0.4 is 15.3 Å². The molecule has 2 aromatic carbocycles. The monoisotopic (exact) mass is 434 g/mol. The molecule has 3 aromatic rings. The van der Waals surface area contributed by atoms with E-state index in [4.69, 9.17) is 15.3 Å². The highest BCUT2D eigenvalue weighted by Crippen LogP contribution is 2.19. The second kappa shape index (κ2) is 8.95. The Morgan fingerprint density at radius 3 is 2.42 bits per heavy atom. The van der Waals surface area contributed by atoms with E-state index < -0.39 is 0 Å². The van der Waals surface area contributed by atoms with E-state index in [1.54, 1.807) is 7.11 Å². The predicted octanol–water partition coefficient (Wildman–Crippen LogP) is 3.52. The van der Waals surface area contributed by atoms with Crippen molar-refractivity contribution in [1.29, 1.82) is 0 Å². The molecule has 8 heteroatoms. The number of hydrogen-bond donors (Lipinski definition) is 1. The van der Waals surface area contributed by atoms with E-state index in [-0.39, 0.29) is 0 Å². The summed E-state index contributed by atoms with van der Waals surface area (Å²) in [6, 6.07) is 15.6. The standard InChI is InChI=1S/C18H19BrN4O2S/c1-24-15-6-2-13(3-7-15)12-17-21-22-18(23(17)20)26-11-10-25-16-8-4-14(19)5-9-16/h2-9H,10-12,20H2,1H3. The third-order valence-electron chi connectivity index (χ3n) is 3.65. The minimum Gasteiger partial charge on any atom is -0.497 e. The van der Waals surface area contributed by atoms with Crippen LogP contribution in [0.5, 0.6) is 11.5 Å². The number of halogens is 1. The lowest BCUT2D eigenvalue weighted by Crippen LogP contribution is -2.15. The van der Waals surface area contributed by atoms with Gasteiger partial charge in [0.05, 0.1) is 13.7 Å². The predicted molar refractivity (Wildman–Crippen MR) is 106 cm³/mol. The molecule has 0 aliphatic rings. The van der Waals surface area contributed by atoms with Crippen molar-refractivity contribution in [3.63, 3.8) is 0 Å². The van der Waals surface area contributed by atoms with Gasteiger partial charge in [0.1, 0.15) is 11.5 Å². The Morgan fingerprint density at radius 2 is 1.73 bits per heavy atom. The van der Waals surface area contributed by atoms with Crippen molar-refractivity contribution in [1.82, 2.24) is 14.9 Å². The van der Waals surface area contributed by atoms with Crippen LogP contribution in [0.25, 0.3) is 0 Å². The van der Waals surface area contributed by atoms with Crippen LogP contribution >= 0.6 is 27.7 Å². The maximum atomic E-state index is 6.12. The second-order valence-electron chi connectivity index (χ2n) is 5.44. The van der Waals surface area contributed by atoms with Crippen LogP contribution in [0.3, 0.4) is 0 Å². The van der Waals surface area contributed by atoms with Gasteiger partial charge in [-0.15, -0.1) is 10.2 Å². The molecular formula is C18H19BrN4O2S. The van der Waals surface area contributed by atoms with Crippen molar-refractivity contribution in [3.05, 3.63) is 64.4 Å². The average Bonchev–Trinajstić information content (AvgIpc) is 3.01. The number of benzene rings is 2. The summed E-state index contributed by atoms with van der Waals surface area (Å²) in [4.78, 5) is 0. The maximum Gasteiger partial charge on any atom is 0.209 e. The van der Waals surface area contributed by atoms with E-state index in [0.717, 1.165) is 27.3 Å². The molecule has 0 amide bonds. The van der Waals surface area contributed by atoms with Crippen LogP contribution in [-0.4, -0.2) is 34.3 Å². The molecule has 136 valence electrons. The Hall–Kier alpha value is -2.19. The van der Waals surface area contributed by atoms with Crippen molar-refractivity contribution < 1.29 is 9.47 Å². The van der Waals surface area contributed by atoms with Gasteiger partial charge in [0.15, 0.2) is 5.82 Å². The summed E-state index contributed by atoms with van der Waals surface area (Å²) in [7, 11) is 1.65. The molecule has 0 aliphatic heterocycles. The molecular weight excluding hydrogens is 416 g/mol. The number of aromatic nitrogens is 3. The van der Waals surface area contributed by atoms with Crippen molar-refractivity contribution >= 4 is 27.7 Å². The van der Waals surface area contributed by atoms with Gasteiger partial charge in [0, 0.05) is 16.6 Å². The van der Waals surface area contributed by atoms with Gasteiger partial charge < -0.3 is 15.3 Å². The normalized spacial score (nSPS) is 10.7. The molecule has 0 unspecified atom stereocenters. The van der Waals surface area contributed by atoms with E-state index in [9.17, 15) is 0 Å². The Kier molecular flexibility index (Phi) is 6.40. The molecule has 0 fully saturated rings. The first-order valence-corrected chi connectivity index (χ1v) is 9.77. The molecule has 3 rings (SSSR count). The molecule has 0 saturated heterocycles. The Morgan fingerprint density at radius 1 is 1.04 bits per heavy atom. The van der Waals surface area contributed by atoms with Crippen LogP contribution in [0.4, 0.5) is 0 Å². The number of nitrogens with two attached hydrogens (primary N) is 1. The number of ether oxygens (including phenoxy) is 2. The fourth-order valence-corrected chi connectivity index (χ4v) is 3.23. The minimum atomic E-state index is 0.562. The zero-order chi connectivity index (χ0) is 18.4. The van der Waals surface area contributed by atoms with Crippen LogP contribution in [0.1, 0.15) is 11.4 Å². The Bertz CT molecular complexity index is 837. The van der Waals surface area contributed by atoms with Gasteiger partial charge in [0.2, 0.25) is 5.16 Å². The van der Waals surface area contributed by atoms with Crippen LogP contribution in [0.15, 0.2) is 58.2 Å². The zero-order valence-electron chi connectivity index (χ0n) is 14.3. The summed E-state index contributed by atoms with van der Waals surface area (Å²) in [5.41, 5.74) is 1.10. The van der Waals surface area contributed by atoms with Crippen LogP contribution in [-0.2, 0) is 6.42 Å². The summed E-state index contributed by atoms with van der Waals surface area (Å²) in [5.74, 6) is 9.22. The van der Waals surface area contributed by atoms with Gasteiger partial charge in [-0.2, -0.15) is 0 Å². The third-order valence-corrected chi connectivity index (χ3v) is 5.09. The summed E-state index contributed by atoms with van der Waals surface area (Å²) in [6.45, 7) is 0.562. The number of hydrogen-bond acceptors (Lipinski definition) is 6. The number of methoxy groups -OCH3 is 1. The van der Waals surface area contributed by atoms with Crippen molar-refractivity contribution in [3.8, 4) is 11.5 Å². The highest BCUT2D eigenvalue weighted by Gasteiger charge is 2.11. The van der Waals surface area contributed by atoms with E-state index in [2.05, 4.69) is 26.1 Å². The number of thioether (sulfide) groups is 1. The number of nitrogen functional groups attached to an aromatic ring is 1. The smallest absolute Gasteiger partial charge is 0.209 e. The van der Waals surface area contributed by atoms with Gasteiger partial charge in [-0.05, 0) is 42.0 Å². The summed E-state index contributed by atoms with van der Waals surface area (Å²) in [5, 5.41) is 9.03. The highest BCUT2D eigenvalue weighted by atomic mass is 79.9. The first-order chi connectivity index (χ1) is 12.7. The highest BCUT2D eigenvalue weighted by molar-refractivity contribution is 9.10. The number of nitrogens with zero attached hydrogens (tertiary/aromatic N) is 3. The molecule has 26 heavy (non-hydrogen) atoms. The van der Waals surface area contributed by atoms with E-state index in [1.807, 2.05) is 48.5 Å². The lowest BCUT2D eigenvalue weighted by molar-refractivity contribution is 0.344. The van der Waals surface area contributed by atoms with Gasteiger partial charge in [-0.25, -0.2) is 4.68 Å². The first-order valence-electron chi connectivity index (χ1n) is 7.99. The fraction of sp³-hybridized carbons (Fsp3) is 0.222. The molecule has 1 aromatic heterocycles. The van der Waals surface area contributed by atoms with Gasteiger partial charge in [0.25, 0.3) is 0 Å². The minimum absolute atomic E-state index is 0.562. The second-order valence-corrected chi connectivity index (χ2v) is 7.42. The summed E-state index contributed by atoms with van der Waals surface area (Å²) in [6.07, 6.45) is 0.615. The van der Waals surface area contributed by atoms with Crippen molar-refractivity contribution in [2.45, 2.75) is 11.6 Å². The first kappa shape index (κ1) is 18.6.